The van der Waals surface area contributed by atoms with Crippen molar-refractivity contribution in [2.24, 2.45) is 35.3 Å². The maximum atomic E-state index is 15.3. The average molecular weight is 1900 g/mol. The minimum atomic E-state index is -1.92. The second kappa shape index (κ2) is 52.8. The maximum Gasteiger partial charge on any atom is 0.305 e. The number of carboxylic acids is 3. The molecule has 0 saturated carbocycles. The molecule has 0 spiro atoms. The Bertz CT molecular complexity index is 5510. The summed E-state index contributed by atoms with van der Waals surface area (Å²) in [6.45, 7) is 12.8. The van der Waals surface area contributed by atoms with Gasteiger partial charge in [0.1, 0.15) is 30.2 Å². The van der Waals surface area contributed by atoms with Gasteiger partial charge in [0.25, 0.3) is 0 Å². The number of carbonyl (C=O) groups is 18. The second-order valence-electron chi connectivity index (χ2n) is 34.6. The number of ketones is 4. The number of primary amides is 1. The topological polar surface area (TPSA) is 635 Å². The summed E-state index contributed by atoms with van der Waals surface area (Å²) in [6.07, 6.45) is 0.391. The predicted molar refractivity (Wildman–Crippen MR) is 500 cm³/mol. The number of aromatic nitrogens is 6. The summed E-state index contributed by atoms with van der Waals surface area (Å²) in [5, 5.41) is 70.3. The Morgan fingerprint density at radius 3 is 1.32 bits per heavy atom. The number of aromatic amines is 4. The number of carbonyl (C=O) groups excluding carboxylic acids is 15. The number of H-pyrrole nitrogens is 4. The van der Waals surface area contributed by atoms with Gasteiger partial charge < -0.3 is 105 Å². The number of fused-ring (bicyclic) bond motifs is 2. The van der Waals surface area contributed by atoms with Gasteiger partial charge >= 0.3 is 17.9 Å². The Balaban J connectivity index is 0.973. The molecule has 136 heavy (non-hydrogen) atoms. The van der Waals surface area contributed by atoms with E-state index in [1.54, 1.807) is 101 Å². The molecule has 4 aromatic heterocycles. The van der Waals surface area contributed by atoms with Gasteiger partial charge in [-0.05, 0) is 72.4 Å². The van der Waals surface area contributed by atoms with Crippen molar-refractivity contribution in [3.8, 4) is 0 Å². The summed E-state index contributed by atoms with van der Waals surface area (Å²) in [4.78, 5) is 273. The number of nitrogens with two attached hydrogens (primary N) is 1. The third kappa shape index (κ3) is 34.5. The fourth-order valence-corrected chi connectivity index (χ4v) is 15.8. The molecule has 8 rings (SSSR count). The zero-order chi connectivity index (χ0) is 99.4. The van der Waals surface area contributed by atoms with E-state index in [1.807, 2.05) is 62.4 Å². The molecule has 0 aliphatic heterocycles. The van der Waals surface area contributed by atoms with Gasteiger partial charge in [0.05, 0.1) is 92.2 Å². The van der Waals surface area contributed by atoms with Crippen molar-refractivity contribution in [3.63, 3.8) is 0 Å². The van der Waals surface area contributed by atoms with E-state index in [1.165, 1.54) is 25.0 Å². The molecule has 0 bridgehead atoms. The zero-order valence-electron chi connectivity index (χ0n) is 76.3. The Labute approximate surface area is 789 Å². The molecular formula is C95H120N18O22S. The van der Waals surface area contributed by atoms with Crippen LogP contribution in [-0.2, 0) is 125 Å². The number of nitrogens with zero attached hydrogens (tertiary/aromatic N) is 2. The third-order valence-electron chi connectivity index (χ3n) is 22.5. The molecule has 8 aromatic rings. The van der Waals surface area contributed by atoms with Gasteiger partial charge in [-0.1, -0.05) is 145 Å². The molecule has 0 radical (unpaired) electrons. The highest BCUT2D eigenvalue weighted by Gasteiger charge is 2.40. The minimum Gasteiger partial charge on any atom is -0.513 e. The van der Waals surface area contributed by atoms with Crippen molar-refractivity contribution in [1.29, 1.82) is 0 Å². The Hall–Kier alpha value is -14.5. The zero-order valence-corrected chi connectivity index (χ0v) is 77.2. The Morgan fingerprint density at radius 2 is 0.816 bits per heavy atom. The van der Waals surface area contributed by atoms with Crippen LogP contribution in [0.4, 0.5) is 0 Å². The quantitative estimate of drug-likeness (QED) is 0.0192. The highest BCUT2D eigenvalue weighted by Crippen LogP contribution is 2.26. The highest BCUT2D eigenvalue weighted by atomic mass is 32.1. The maximum absolute atomic E-state index is 15.3. The minimum absolute atomic E-state index is 0.0650. The van der Waals surface area contributed by atoms with Crippen LogP contribution in [0.25, 0.3) is 21.8 Å². The van der Waals surface area contributed by atoms with Gasteiger partial charge in [-0.2, -0.15) is 12.6 Å². The smallest absolute Gasteiger partial charge is 0.305 e. The van der Waals surface area contributed by atoms with Gasteiger partial charge in [0.15, 0.2) is 23.1 Å². The molecule has 11 amide bonds. The molecule has 40 nitrogen and oxygen atoms in total. The van der Waals surface area contributed by atoms with Crippen LogP contribution in [0.2, 0.25) is 0 Å². The molecule has 13 atom stereocenters. The van der Waals surface area contributed by atoms with Crippen molar-refractivity contribution < 1.29 is 107 Å². The van der Waals surface area contributed by atoms with Crippen LogP contribution >= 0.6 is 12.6 Å². The highest BCUT2D eigenvalue weighted by molar-refractivity contribution is 7.80. The molecule has 41 heteroatoms. The number of benzene rings is 4. The molecule has 728 valence electrons. The number of nitrogens with one attached hydrogen (secondary N) is 15. The van der Waals surface area contributed by atoms with Crippen LogP contribution in [0, 0.1) is 29.6 Å². The van der Waals surface area contributed by atoms with Crippen LogP contribution < -0.4 is 64.2 Å². The summed E-state index contributed by atoms with van der Waals surface area (Å²) in [7, 11) is 0. The van der Waals surface area contributed by atoms with Crippen LogP contribution in [0.1, 0.15) is 146 Å². The lowest BCUT2D eigenvalue weighted by atomic mass is 9.89. The number of imidazole rings is 2. The lowest BCUT2D eigenvalue weighted by molar-refractivity contribution is -0.143. The summed E-state index contributed by atoms with van der Waals surface area (Å²) < 4.78 is 0. The SMILES string of the molecule is C=C(O)CC[C@H](NC(=O)[C@@H](Cc1cnc[nH]1)NC(=O)[C@@H](CC(N)=O)NC(=O)[C@H](CC(=O)[C@H](Cc1c[nH]c2ccccc12)NC(=O)[C@H](CC(=O)O)CC(=O)[C@H](Cc1ccccc1)NC(=O)[C@H](CS)CC(=O)[C@H](CCC(=O)O)NC(=O)CNC(=O)[C@@H](CC(=O)O)NC(=O)[C@@H](CC(C)C)NC(=O)[C@@H](Cc1c[nH]c2ccccc12)NC(=O)[C@@H](Cc1ccccc1)NC(C)C)Cc1cnc[nH]1)C(=O)C(C)C. The first-order valence-electron chi connectivity index (χ1n) is 44.6. The normalized spacial score (nSPS) is 14.2. The van der Waals surface area contributed by atoms with Gasteiger partial charge in [0.2, 0.25) is 65.0 Å². The van der Waals surface area contributed by atoms with Gasteiger partial charge in [0, 0.05) is 133 Å². The number of Topliss-reactive ketones (excluding diaryl/α,β-unsaturated/α-hetero) is 4. The second-order valence-corrected chi connectivity index (χ2v) is 35.0. The lowest BCUT2D eigenvalue weighted by Gasteiger charge is -2.27. The Kier molecular flexibility index (Phi) is 41.5. The first-order valence-corrected chi connectivity index (χ1v) is 45.3. The molecule has 21 N–H and O–H groups in total. The van der Waals surface area contributed by atoms with Crippen LogP contribution in [-0.4, -0.2) is 235 Å². The van der Waals surface area contributed by atoms with E-state index in [9.17, 15) is 92.3 Å². The molecule has 0 aliphatic carbocycles. The fourth-order valence-electron chi connectivity index (χ4n) is 15.5. The van der Waals surface area contributed by atoms with E-state index in [-0.39, 0.29) is 81.2 Å². The lowest BCUT2D eigenvalue weighted by Crippen LogP contribution is -2.59. The number of rotatable bonds is 60. The van der Waals surface area contributed by atoms with Crippen LogP contribution in [0.5, 0.6) is 0 Å². The third-order valence-corrected chi connectivity index (χ3v) is 23.0. The van der Waals surface area contributed by atoms with E-state index in [0.717, 1.165) is 16.5 Å². The molecular weight excluding hydrogens is 1780 g/mol. The molecule has 0 aliphatic rings. The predicted octanol–water partition coefficient (Wildman–Crippen LogP) is 3.17. The van der Waals surface area contributed by atoms with E-state index in [4.69, 9.17) is 5.73 Å². The van der Waals surface area contributed by atoms with Gasteiger partial charge in [-0.25, -0.2) is 9.97 Å². The number of thiol groups is 1. The standard InChI is InChI=1S/C95H120N18O22S/c1-51(2)30-72(110-93(133)74(35-60-44-100-67-25-17-15-23-65(60)67)111-92(132)73(104-53(5)6)32-56-20-12-9-13-21-56)91(131)113-77(42-85(124)125)90(130)101-47-82(119)105-68(28-29-83(120)121)78(115)38-61(48-136)89(129)107-70(31-55-18-10-8-11-19-55)79(116)37-58(39-84(122)123)88(128)108-71(34-59-43-99-66-24-16-14-22-64(59)66)80(117)36-57(33-62-45-97-49-102-62)87(127)109-76(41-81(96)118)95(135)112-75(40-63-46-98-50-103-63)94(134)106-69(27-26-54(7)114)86(126)52(3)4/h8-25,43-46,49-53,57-58,61,68-77,99-100,104,114,136H,7,26-42,47-48H2,1-6H3,(H2,96,118)(H,97,102)(H,98,103)(H,101,130)(H,105,119)(H,106,134)(H,107,129)(H,108,128)(H,109,127)(H,110,133)(H,111,132)(H,112,135)(H,113,131)(H,120,121)(H,122,123)(H,124,125)/t57-,58-,61-,68-,69-,70-,71-,72+,73+,74+,75+,76+,77+/m0/s1. The fraction of sp³-hybridized carbons (Fsp3) is 0.432. The van der Waals surface area contributed by atoms with E-state index in [2.05, 4.69) is 108 Å². The first kappa shape index (κ1) is 107. The van der Waals surface area contributed by atoms with Gasteiger partial charge in [-0.3, -0.25) is 86.3 Å². The number of allylic oxidation sites excluding steroid dienone is 1. The summed E-state index contributed by atoms with van der Waals surface area (Å²) >= 11 is 4.36. The average Bonchev–Trinajstić information content (AvgIpc) is 1.65. The van der Waals surface area contributed by atoms with Gasteiger partial charge in [-0.15, -0.1) is 0 Å². The molecule has 0 saturated heterocycles. The monoisotopic (exact) mass is 1900 g/mol. The number of carboxylic acid groups (broad SMARTS) is 3. The summed E-state index contributed by atoms with van der Waals surface area (Å²) in [5.74, 6) is -25.3. The van der Waals surface area contributed by atoms with E-state index < -0.39 is 254 Å². The molecule has 0 unspecified atom stereocenters. The van der Waals surface area contributed by atoms with Crippen molar-refractivity contribution >= 4 is 140 Å². The number of amides is 11. The Morgan fingerprint density at radius 1 is 0.397 bits per heavy atom. The molecule has 0 fully saturated rings. The molecule has 4 heterocycles. The summed E-state index contributed by atoms with van der Waals surface area (Å²) in [5.41, 5.74) is 9.95. The van der Waals surface area contributed by atoms with Crippen molar-refractivity contribution in [1.82, 2.24) is 88.4 Å². The van der Waals surface area contributed by atoms with Crippen LogP contribution in [0.15, 0.2) is 159 Å². The largest absolute Gasteiger partial charge is 0.513 e. The number of aliphatic hydroxyl groups is 1. The number of hydrogen-bond acceptors (Lipinski definition) is 23. The number of aliphatic carboxylic acids is 3. The first-order chi connectivity index (χ1) is 64.7. The number of hydrogen-bond donors (Lipinski definition) is 21. The van der Waals surface area contributed by atoms with Crippen molar-refractivity contribution in [3.05, 3.63) is 193 Å². The summed E-state index contributed by atoms with van der Waals surface area (Å²) in [6, 6.07) is 16.2. The molecule has 4 aromatic carbocycles. The number of para-hydroxylation sites is 2. The van der Waals surface area contributed by atoms with E-state index >= 15 is 14.4 Å². The van der Waals surface area contributed by atoms with Crippen molar-refractivity contribution in [2.75, 3.05) is 12.3 Å². The van der Waals surface area contributed by atoms with Crippen molar-refractivity contribution in [2.45, 2.75) is 217 Å². The van der Waals surface area contributed by atoms with Crippen LogP contribution in [0.3, 0.4) is 0 Å². The number of aliphatic hydroxyl groups excluding tert-OH is 1. The van der Waals surface area contributed by atoms with E-state index in [0.29, 0.717) is 33.3 Å².